The summed E-state index contributed by atoms with van der Waals surface area (Å²) in [6.45, 7) is 3.36. The smallest absolute Gasteiger partial charge is 0.416 e. The molecule has 0 fully saturated rings. The summed E-state index contributed by atoms with van der Waals surface area (Å²) in [7, 11) is 0. The summed E-state index contributed by atoms with van der Waals surface area (Å²) in [5, 5.41) is 33.4. The van der Waals surface area contributed by atoms with Crippen LogP contribution < -0.4 is 4.90 Å². The van der Waals surface area contributed by atoms with Crippen LogP contribution in [0, 0.1) is 0 Å². The minimum Gasteiger partial charge on any atom is -0.507 e. The normalized spacial score (nSPS) is 15.7. The van der Waals surface area contributed by atoms with Crippen molar-refractivity contribution < 1.29 is 23.4 Å². The molecule has 3 aromatic rings. The van der Waals surface area contributed by atoms with Gasteiger partial charge in [0.1, 0.15) is 17.0 Å². The molecule has 0 saturated heterocycles. The maximum Gasteiger partial charge on any atom is 0.416 e. The Morgan fingerprint density at radius 3 is 2.68 bits per heavy atom. The molecule has 2 N–H and O–H groups in total. The maximum absolute atomic E-state index is 12.9. The Balaban J connectivity index is 1.86. The van der Waals surface area contributed by atoms with E-state index >= 15 is 0 Å². The van der Waals surface area contributed by atoms with E-state index in [0.29, 0.717) is 42.4 Å². The van der Waals surface area contributed by atoms with Crippen LogP contribution in [-0.2, 0) is 12.7 Å². The van der Waals surface area contributed by atoms with Crippen LogP contribution in [0.4, 0.5) is 19.0 Å². The van der Waals surface area contributed by atoms with Crippen molar-refractivity contribution in [2.75, 3.05) is 18.0 Å². The number of aliphatic hydroxyl groups is 1. The standard InChI is InChI=1S/C18H18F3N5O2/c1-10(27)9-25-5-2-6-26-16-13(8-22-26)15(23-24-17(16)25)12-4-3-11(7-14(12)28)18(19,20)21/h3-4,7-8,10,27-28H,2,5-6,9H2,1H3/t10-/m1/s1. The molecule has 10 heteroatoms. The van der Waals surface area contributed by atoms with Gasteiger partial charge in [-0.15, -0.1) is 10.2 Å². The van der Waals surface area contributed by atoms with Crippen molar-refractivity contribution in [3.05, 3.63) is 30.0 Å². The highest BCUT2D eigenvalue weighted by Crippen LogP contribution is 2.39. The highest BCUT2D eigenvalue weighted by Gasteiger charge is 2.32. The van der Waals surface area contributed by atoms with Crippen molar-refractivity contribution in [3.63, 3.8) is 0 Å². The fraction of sp³-hybridized carbons (Fsp3) is 0.389. The number of anilines is 1. The van der Waals surface area contributed by atoms with Crippen LogP contribution in [0.2, 0.25) is 0 Å². The molecule has 0 spiro atoms. The number of hydrogen-bond donors (Lipinski definition) is 2. The van der Waals surface area contributed by atoms with Crippen molar-refractivity contribution in [1.82, 2.24) is 20.0 Å². The molecule has 1 aliphatic heterocycles. The fourth-order valence-electron chi connectivity index (χ4n) is 3.50. The van der Waals surface area contributed by atoms with Gasteiger partial charge in [-0.1, -0.05) is 0 Å². The Bertz CT molecular complexity index is 1030. The summed E-state index contributed by atoms with van der Waals surface area (Å²) < 4.78 is 40.4. The second kappa shape index (κ2) is 6.62. The number of aromatic hydroxyl groups is 1. The molecule has 148 valence electrons. The minimum absolute atomic E-state index is 0.151. The minimum atomic E-state index is -4.55. The van der Waals surface area contributed by atoms with E-state index < -0.39 is 23.6 Å². The van der Waals surface area contributed by atoms with Crippen molar-refractivity contribution in [2.45, 2.75) is 32.2 Å². The lowest BCUT2D eigenvalue weighted by Crippen LogP contribution is -2.32. The third-order valence-corrected chi connectivity index (χ3v) is 4.71. The SMILES string of the molecule is C[C@@H](O)CN1CCCn2ncc3c(-c4ccc(C(F)(F)F)cc4O)nnc1c32. The van der Waals surface area contributed by atoms with Gasteiger partial charge < -0.3 is 15.1 Å². The van der Waals surface area contributed by atoms with E-state index in [1.54, 1.807) is 17.8 Å². The van der Waals surface area contributed by atoms with Gasteiger partial charge in [-0.05, 0) is 31.5 Å². The third-order valence-electron chi connectivity index (χ3n) is 4.71. The summed E-state index contributed by atoms with van der Waals surface area (Å²) >= 11 is 0. The molecule has 0 radical (unpaired) electrons. The number of alkyl halides is 3. The molecule has 4 rings (SSSR count). The van der Waals surface area contributed by atoms with E-state index in [-0.39, 0.29) is 11.3 Å². The van der Waals surface area contributed by atoms with Gasteiger partial charge >= 0.3 is 6.18 Å². The molecule has 2 aromatic heterocycles. The first kappa shape index (κ1) is 18.5. The molecule has 1 aromatic carbocycles. The quantitative estimate of drug-likeness (QED) is 0.712. The van der Waals surface area contributed by atoms with Gasteiger partial charge in [0, 0.05) is 25.2 Å². The van der Waals surface area contributed by atoms with E-state index in [1.165, 1.54) is 6.07 Å². The van der Waals surface area contributed by atoms with Gasteiger partial charge in [0.15, 0.2) is 5.82 Å². The van der Waals surface area contributed by atoms with Gasteiger partial charge in [0.2, 0.25) is 0 Å². The number of phenols is 1. The summed E-state index contributed by atoms with van der Waals surface area (Å²) in [6.07, 6.45) is -2.75. The molecule has 1 aliphatic rings. The van der Waals surface area contributed by atoms with Gasteiger partial charge in [0.05, 0.1) is 23.3 Å². The number of aliphatic hydroxyl groups excluding tert-OH is 1. The molecule has 3 heterocycles. The van der Waals surface area contributed by atoms with E-state index in [0.717, 1.165) is 12.5 Å². The van der Waals surface area contributed by atoms with Gasteiger partial charge in [-0.2, -0.15) is 18.3 Å². The Kier molecular flexibility index (Phi) is 4.37. The highest BCUT2D eigenvalue weighted by molar-refractivity contribution is 5.99. The van der Waals surface area contributed by atoms with Crippen LogP contribution in [0.15, 0.2) is 24.4 Å². The highest BCUT2D eigenvalue weighted by atomic mass is 19.4. The topological polar surface area (TPSA) is 87.3 Å². The number of halogens is 3. The van der Waals surface area contributed by atoms with Crippen LogP contribution in [-0.4, -0.2) is 49.4 Å². The number of β-amino-alcohol motifs (C(OH)–C–C–N with tert-alkyl or cyclic N) is 1. The largest absolute Gasteiger partial charge is 0.507 e. The average molecular weight is 393 g/mol. The number of nitrogens with zero attached hydrogens (tertiary/aromatic N) is 5. The Labute approximate surface area is 158 Å². The molecular weight excluding hydrogens is 375 g/mol. The van der Waals surface area contributed by atoms with Crippen molar-refractivity contribution >= 4 is 16.7 Å². The van der Waals surface area contributed by atoms with Gasteiger partial charge in [0.25, 0.3) is 0 Å². The van der Waals surface area contributed by atoms with Crippen molar-refractivity contribution in [2.24, 2.45) is 0 Å². The lowest BCUT2D eigenvalue weighted by Gasteiger charge is -2.23. The molecule has 0 unspecified atom stereocenters. The molecule has 7 nitrogen and oxygen atoms in total. The van der Waals surface area contributed by atoms with Gasteiger partial charge in [-0.25, -0.2) is 0 Å². The fourth-order valence-corrected chi connectivity index (χ4v) is 3.50. The van der Waals surface area contributed by atoms with E-state index in [1.807, 2.05) is 4.90 Å². The van der Waals surface area contributed by atoms with E-state index in [2.05, 4.69) is 15.3 Å². The Hall–Kier alpha value is -2.88. The molecule has 0 bridgehead atoms. The summed E-state index contributed by atoms with van der Waals surface area (Å²) in [6, 6.07) is 2.77. The van der Waals surface area contributed by atoms with Crippen LogP contribution in [0.5, 0.6) is 5.75 Å². The van der Waals surface area contributed by atoms with Crippen LogP contribution in [0.3, 0.4) is 0 Å². The molecule has 28 heavy (non-hydrogen) atoms. The van der Waals surface area contributed by atoms with Crippen LogP contribution in [0.25, 0.3) is 22.2 Å². The lowest BCUT2D eigenvalue weighted by molar-refractivity contribution is -0.137. The number of hydrogen-bond acceptors (Lipinski definition) is 6. The molecule has 0 amide bonds. The monoisotopic (exact) mass is 393 g/mol. The predicted octanol–water partition coefficient (Wildman–Crippen LogP) is 2.81. The number of aromatic nitrogens is 4. The second-order valence-electron chi connectivity index (χ2n) is 6.88. The zero-order chi connectivity index (χ0) is 20.1. The predicted molar refractivity (Wildman–Crippen MR) is 95.9 cm³/mol. The summed E-state index contributed by atoms with van der Waals surface area (Å²) in [5.41, 5.74) is 0.154. The van der Waals surface area contributed by atoms with E-state index in [9.17, 15) is 23.4 Å². The molecular formula is C18H18F3N5O2. The van der Waals surface area contributed by atoms with Crippen LogP contribution in [0.1, 0.15) is 18.9 Å². The number of phenolic OH excluding ortho intramolecular Hbond substituents is 1. The number of rotatable bonds is 3. The Morgan fingerprint density at radius 1 is 1.21 bits per heavy atom. The van der Waals surface area contributed by atoms with Gasteiger partial charge in [-0.3, -0.25) is 4.68 Å². The lowest BCUT2D eigenvalue weighted by atomic mass is 10.0. The average Bonchev–Trinajstić information content (AvgIpc) is 2.95. The zero-order valence-electron chi connectivity index (χ0n) is 15.0. The molecule has 0 saturated carbocycles. The van der Waals surface area contributed by atoms with Crippen molar-refractivity contribution in [3.8, 4) is 17.0 Å². The Morgan fingerprint density at radius 2 is 2.00 bits per heavy atom. The van der Waals surface area contributed by atoms with E-state index in [4.69, 9.17) is 0 Å². The molecule has 0 aliphatic carbocycles. The zero-order valence-corrected chi connectivity index (χ0v) is 15.0. The molecule has 1 atom stereocenters. The maximum atomic E-state index is 12.9. The summed E-state index contributed by atoms with van der Waals surface area (Å²) in [5.74, 6) is 0.0303. The van der Waals surface area contributed by atoms with Crippen molar-refractivity contribution in [1.29, 1.82) is 0 Å². The van der Waals surface area contributed by atoms with Crippen LogP contribution >= 0.6 is 0 Å². The first-order valence-corrected chi connectivity index (χ1v) is 8.81. The number of benzene rings is 1. The second-order valence-corrected chi connectivity index (χ2v) is 6.88. The summed E-state index contributed by atoms with van der Waals surface area (Å²) in [4.78, 5) is 1.92. The number of aryl methyl sites for hydroxylation is 1. The first-order chi connectivity index (χ1) is 13.3. The first-order valence-electron chi connectivity index (χ1n) is 8.81. The third kappa shape index (κ3) is 3.13.